The number of fused-ring (bicyclic) bond motifs is 2. The van der Waals surface area contributed by atoms with Crippen LogP contribution in [0.25, 0.3) is 21.5 Å². The molecule has 3 aromatic carbocycles. The van der Waals surface area contributed by atoms with Gasteiger partial charge in [-0.05, 0) is 46.2 Å². The summed E-state index contributed by atoms with van der Waals surface area (Å²) in [7, 11) is 0. The third-order valence-electron chi connectivity index (χ3n) is 4.35. The third kappa shape index (κ3) is 2.68. The van der Waals surface area contributed by atoms with Gasteiger partial charge in [0.05, 0.1) is 12.5 Å². The summed E-state index contributed by atoms with van der Waals surface area (Å²) in [4.78, 5) is 12.0. The van der Waals surface area contributed by atoms with Crippen molar-refractivity contribution in [3.8, 4) is 0 Å². The van der Waals surface area contributed by atoms with E-state index in [1.165, 1.54) is 22.6 Å². The molecule has 0 saturated heterocycles. The summed E-state index contributed by atoms with van der Waals surface area (Å²) in [5.41, 5.74) is 4.74. The van der Waals surface area contributed by atoms with Crippen molar-refractivity contribution in [1.82, 2.24) is 5.43 Å². The first-order chi connectivity index (χ1) is 12.3. The molecule has 0 spiro atoms. The monoisotopic (exact) mass is 328 g/mol. The summed E-state index contributed by atoms with van der Waals surface area (Å²) >= 11 is 0. The van der Waals surface area contributed by atoms with Crippen LogP contribution in [0, 0.1) is 6.92 Å². The van der Waals surface area contributed by atoms with Crippen molar-refractivity contribution >= 4 is 33.7 Å². The number of benzene rings is 3. The molecule has 0 saturated carbocycles. The van der Waals surface area contributed by atoms with E-state index in [1.807, 2.05) is 24.3 Å². The molecule has 0 unspecified atom stereocenters. The van der Waals surface area contributed by atoms with Gasteiger partial charge in [-0.15, -0.1) is 0 Å². The number of rotatable bonds is 3. The number of carbonyl (C=O) groups is 1. The maximum Gasteiger partial charge on any atom is 0.307 e. The van der Waals surface area contributed by atoms with Crippen LogP contribution in [0.4, 0.5) is 0 Å². The lowest BCUT2D eigenvalue weighted by Gasteiger charge is -2.11. The number of amides is 1. The maximum atomic E-state index is 12.0. The van der Waals surface area contributed by atoms with Gasteiger partial charge in [-0.25, -0.2) is 5.43 Å². The van der Waals surface area contributed by atoms with Gasteiger partial charge in [0.1, 0.15) is 0 Å². The maximum absolute atomic E-state index is 12.0. The van der Waals surface area contributed by atoms with Gasteiger partial charge in [-0.2, -0.15) is 5.10 Å². The molecule has 0 aliphatic heterocycles. The normalized spacial score (nSPS) is 11.4. The average molecular weight is 328 g/mol. The van der Waals surface area contributed by atoms with Crippen LogP contribution in [-0.2, 0) is 0 Å². The molecule has 1 amide bonds. The summed E-state index contributed by atoms with van der Waals surface area (Å²) in [6, 6.07) is 19.7. The van der Waals surface area contributed by atoms with E-state index < -0.39 is 0 Å². The second kappa shape index (κ2) is 6.24. The SMILES string of the molecule is Cc1c2ccccc2c(/C=N/NC(=O)c2ccco2)c2ccccc12. The number of aryl methyl sites for hydroxylation is 1. The average Bonchev–Trinajstić information content (AvgIpc) is 3.19. The van der Waals surface area contributed by atoms with E-state index in [-0.39, 0.29) is 11.7 Å². The van der Waals surface area contributed by atoms with Crippen molar-refractivity contribution in [3.05, 3.63) is 83.8 Å². The minimum Gasteiger partial charge on any atom is -0.459 e. The van der Waals surface area contributed by atoms with Crippen LogP contribution in [0.5, 0.6) is 0 Å². The number of carbonyl (C=O) groups excluding carboxylic acids is 1. The summed E-state index contributed by atoms with van der Waals surface area (Å²) < 4.78 is 5.07. The Balaban J connectivity index is 1.81. The second-order valence-electron chi connectivity index (χ2n) is 5.81. The van der Waals surface area contributed by atoms with Gasteiger partial charge in [-0.3, -0.25) is 4.79 Å². The molecule has 0 aliphatic rings. The van der Waals surface area contributed by atoms with Crippen molar-refractivity contribution in [1.29, 1.82) is 0 Å². The number of nitrogens with one attached hydrogen (secondary N) is 1. The number of hydrogen-bond donors (Lipinski definition) is 1. The topological polar surface area (TPSA) is 54.6 Å². The van der Waals surface area contributed by atoms with E-state index in [1.54, 1.807) is 18.3 Å². The number of nitrogens with zero attached hydrogens (tertiary/aromatic N) is 1. The van der Waals surface area contributed by atoms with Gasteiger partial charge in [-0.1, -0.05) is 48.5 Å². The fourth-order valence-electron chi connectivity index (χ4n) is 3.14. The largest absolute Gasteiger partial charge is 0.459 e. The number of hydrogen-bond acceptors (Lipinski definition) is 3. The van der Waals surface area contributed by atoms with E-state index in [0.29, 0.717) is 0 Å². The molecule has 1 heterocycles. The lowest BCUT2D eigenvalue weighted by molar-refractivity contribution is 0.0927. The zero-order chi connectivity index (χ0) is 17.2. The van der Waals surface area contributed by atoms with Crippen molar-refractivity contribution in [2.45, 2.75) is 6.92 Å². The van der Waals surface area contributed by atoms with E-state index in [0.717, 1.165) is 16.3 Å². The van der Waals surface area contributed by atoms with Gasteiger partial charge < -0.3 is 4.42 Å². The Morgan fingerprint density at radius 2 is 1.52 bits per heavy atom. The Hall–Kier alpha value is -3.40. The third-order valence-corrected chi connectivity index (χ3v) is 4.35. The Morgan fingerprint density at radius 3 is 2.08 bits per heavy atom. The van der Waals surface area contributed by atoms with Crippen LogP contribution in [0.2, 0.25) is 0 Å². The van der Waals surface area contributed by atoms with Gasteiger partial charge in [0.25, 0.3) is 0 Å². The van der Waals surface area contributed by atoms with Crippen molar-refractivity contribution in [2.75, 3.05) is 0 Å². The van der Waals surface area contributed by atoms with Crippen LogP contribution in [0.3, 0.4) is 0 Å². The minimum absolute atomic E-state index is 0.232. The highest BCUT2D eigenvalue weighted by molar-refractivity contribution is 6.15. The molecule has 0 aliphatic carbocycles. The van der Waals surface area contributed by atoms with Crippen LogP contribution < -0.4 is 5.43 Å². The highest BCUT2D eigenvalue weighted by Crippen LogP contribution is 2.31. The fraction of sp³-hybridized carbons (Fsp3) is 0.0476. The quantitative estimate of drug-likeness (QED) is 0.338. The van der Waals surface area contributed by atoms with Crippen molar-refractivity contribution in [2.24, 2.45) is 5.10 Å². The van der Waals surface area contributed by atoms with Crippen molar-refractivity contribution in [3.63, 3.8) is 0 Å². The minimum atomic E-state index is -0.373. The Morgan fingerprint density at radius 1 is 0.920 bits per heavy atom. The first kappa shape index (κ1) is 15.1. The highest BCUT2D eigenvalue weighted by Gasteiger charge is 2.10. The lowest BCUT2D eigenvalue weighted by Crippen LogP contribution is -2.16. The molecule has 0 fully saturated rings. The standard InChI is InChI=1S/C21H16N2O2/c1-14-15-7-2-4-9-17(15)19(18-10-5-3-8-16(14)18)13-22-23-21(24)20-11-6-12-25-20/h2-13H,1H3,(H,23,24)/b22-13+. The highest BCUT2D eigenvalue weighted by atomic mass is 16.3. The summed E-state index contributed by atoms with van der Waals surface area (Å²) in [6.07, 6.45) is 3.16. The van der Waals surface area contributed by atoms with Gasteiger partial charge in [0.15, 0.2) is 5.76 Å². The molecule has 4 heteroatoms. The summed E-state index contributed by atoms with van der Waals surface area (Å²) in [6.45, 7) is 2.13. The van der Waals surface area contributed by atoms with E-state index in [9.17, 15) is 4.79 Å². The molecule has 1 N–H and O–H groups in total. The fourth-order valence-corrected chi connectivity index (χ4v) is 3.14. The van der Waals surface area contributed by atoms with Gasteiger partial charge in [0.2, 0.25) is 0 Å². The molecular formula is C21H16N2O2. The Kier molecular flexibility index (Phi) is 3.78. The molecule has 0 bridgehead atoms. The molecule has 122 valence electrons. The van der Waals surface area contributed by atoms with Crippen LogP contribution >= 0.6 is 0 Å². The summed E-state index contributed by atoms with van der Waals surface area (Å²) in [5, 5.41) is 8.72. The Bertz CT molecular complexity index is 1040. The predicted molar refractivity (Wildman–Crippen MR) is 100.0 cm³/mol. The molecule has 4 nitrogen and oxygen atoms in total. The second-order valence-corrected chi connectivity index (χ2v) is 5.81. The van der Waals surface area contributed by atoms with Gasteiger partial charge >= 0.3 is 5.91 Å². The summed E-state index contributed by atoms with van der Waals surface area (Å²) in [5.74, 6) is -0.141. The first-order valence-corrected chi connectivity index (χ1v) is 8.02. The number of furan rings is 1. The van der Waals surface area contributed by atoms with Gasteiger partial charge in [0, 0.05) is 5.56 Å². The van der Waals surface area contributed by atoms with E-state index >= 15 is 0 Å². The van der Waals surface area contributed by atoms with Crippen LogP contribution in [0.15, 0.2) is 76.4 Å². The molecule has 25 heavy (non-hydrogen) atoms. The smallest absolute Gasteiger partial charge is 0.307 e. The number of hydrazone groups is 1. The molecule has 0 radical (unpaired) electrons. The molecule has 1 aromatic heterocycles. The molecule has 4 rings (SSSR count). The zero-order valence-electron chi connectivity index (χ0n) is 13.7. The Labute approximate surface area is 144 Å². The first-order valence-electron chi connectivity index (χ1n) is 8.02. The van der Waals surface area contributed by atoms with Crippen molar-refractivity contribution < 1.29 is 9.21 Å². The van der Waals surface area contributed by atoms with E-state index in [2.05, 4.69) is 41.7 Å². The molecular weight excluding hydrogens is 312 g/mol. The molecule has 0 atom stereocenters. The predicted octanol–water partition coefficient (Wildman–Crippen LogP) is 4.66. The lowest BCUT2D eigenvalue weighted by atomic mass is 9.93. The van der Waals surface area contributed by atoms with Crippen LogP contribution in [0.1, 0.15) is 21.7 Å². The zero-order valence-corrected chi connectivity index (χ0v) is 13.7. The van der Waals surface area contributed by atoms with Crippen LogP contribution in [-0.4, -0.2) is 12.1 Å². The molecule has 4 aromatic rings. The van der Waals surface area contributed by atoms with E-state index in [4.69, 9.17) is 4.42 Å².